The molecule has 190 valence electrons. The summed E-state index contributed by atoms with van der Waals surface area (Å²) in [6, 6.07) is 13.1. The van der Waals surface area contributed by atoms with Gasteiger partial charge in [-0.15, -0.1) is 0 Å². The number of rotatable bonds is 5. The molecule has 7 nitrogen and oxygen atoms in total. The van der Waals surface area contributed by atoms with Crippen LogP contribution in [0.25, 0.3) is 11.3 Å². The quantitative estimate of drug-likeness (QED) is 0.275. The van der Waals surface area contributed by atoms with Gasteiger partial charge < -0.3 is 4.74 Å². The molecule has 0 spiro atoms. The second-order valence-corrected chi connectivity index (χ2v) is 11.2. The standard InChI is InChI=1S/C25H18F3IN4O3S/c26-25(27,28)15-2-5-18(21(12-15)22-7-3-16(29)14-32-22)19-8-11-36-23-13-17(4-6-20(19)23)37(34,35)33-24-30-9-1-10-31-24/h1-7,9-10,12-14,19H,8,11H2,(H,30,31,33)/t19-/m1/s1. The number of halogens is 4. The van der Waals surface area contributed by atoms with E-state index in [0.717, 1.165) is 15.7 Å². The van der Waals surface area contributed by atoms with E-state index in [9.17, 15) is 21.6 Å². The highest BCUT2D eigenvalue weighted by Gasteiger charge is 2.33. The van der Waals surface area contributed by atoms with Crippen LogP contribution in [0.15, 0.2) is 78.1 Å². The topological polar surface area (TPSA) is 94.1 Å². The molecule has 3 heterocycles. The lowest BCUT2D eigenvalue weighted by atomic mass is 9.83. The maximum Gasteiger partial charge on any atom is 0.416 e. The molecule has 1 aliphatic rings. The van der Waals surface area contributed by atoms with Crippen molar-refractivity contribution in [2.75, 3.05) is 11.3 Å². The molecule has 0 saturated heterocycles. The van der Waals surface area contributed by atoms with E-state index in [1.165, 1.54) is 30.6 Å². The molecule has 0 unspecified atom stereocenters. The summed E-state index contributed by atoms with van der Waals surface area (Å²) in [4.78, 5) is 12.1. The van der Waals surface area contributed by atoms with Crippen LogP contribution in [0.4, 0.5) is 19.1 Å². The maximum atomic E-state index is 13.6. The third-order valence-corrected chi connectivity index (χ3v) is 7.85. The molecule has 1 atom stereocenters. The van der Waals surface area contributed by atoms with Crippen molar-refractivity contribution >= 4 is 38.6 Å². The van der Waals surface area contributed by atoms with E-state index in [2.05, 4.69) is 42.3 Å². The lowest BCUT2D eigenvalue weighted by molar-refractivity contribution is -0.137. The van der Waals surface area contributed by atoms with Crippen molar-refractivity contribution < 1.29 is 26.3 Å². The van der Waals surface area contributed by atoms with Gasteiger partial charge in [0.05, 0.1) is 22.8 Å². The molecule has 5 rings (SSSR count). The molecule has 0 aliphatic carbocycles. The van der Waals surface area contributed by atoms with Gasteiger partial charge in [0.15, 0.2) is 0 Å². The Bertz CT molecular complexity index is 1550. The number of hydrogen-bond donors (Lipinski definition) is 1. The van der Waals surface area contributed by atoms with Gasteiger partial charge in [-0.3, -0.25) is 4.98 Å². The van der Waals surface area contributed by atoms with Gasteiger partial charge in [-0.2, -0.15) is 13.2 Å². The Morgan fingerprint density at radius 3 is 2.43 bits per heavy atom. The molecule has 0 bridgehead atoms. The minimum atomic E-state index is -4.51. The average Bonchev–Trinajstić information content (AvgIpc) is 2.88. The number of nitrogens with zero attached hydrogens (tertiary/aromatic N) is 3. The normalized spacial score (nSPS) is 15.5. The molecule has 1 aliphatic heterocycles. The van der Waals surface area contributed by atoms with Gasteiger partial charge in [-0.1, -0.05) is 12.1 Å². The molecule has 0 radical (unpaired) electrons. The van der Waals surface area contributed by atoms with Crippen molar-refractivity contribution in [1.29, 1.82) is 0 Å². The van der Waals surface area contributed by atoms with E-state index in [0.29, 0.717) is 34.6 Å². The Labute approximate surface area is 224 Å². The van der Waals surface area contributed by atoms with Gasteiger partial charge in [-0.25, -0.2) is 23.1 Å². The molecule has 37 heavy (non-hydrogen) atoms. The van der Waals surface area contributed by atoms with E-state index in [4.69, 9.17) is 4.74 Å². The maximum absolute atomic E-state index is 13.6. The third-order valence-electron chi connectivity index (χ3n) is 5.89. The number of aromatic nitrogens is 3. The number of benzene rings is 2. The summed E-state index contributed by atoms with van der Waals surface area (Å²) in [6.07, 6.45) is 0.407. The molecule has 4 aromatic rings. The summed E-state index contributed by atoms with van der Waals surface area (Å²) < 4.78 is 75.4. The predicted molar refractivity (Wildman–Crippen MR) is 139 cm³/mol. The van der Waals surface area contributed by atoms with Gasteiger partial charge in [0, 0.05) is 45.3 Å². The van der Waals surface area contributed by atoms with Crippen LogP contribution in [-0.4, -0.2) is 30.0 Å². The number of anilines is 1. The highest BCUT2D eigenvalue weighted by molar-refractivity contribution is 14.1. The van der Waals surface area contributed by atoms with Crippen LogP contribution in [-0.2, 0) is 16.2 Å². The van der Waals surface area contributed by atoms with Gasteiger partial charge in [0.25, 0.3) is 10.0 Å². The van der Waals surface area contributed by atoms with Crippen LogP contribution in [0.5, 0.6) is 5.75 Å². The van der Waals surface area contributed by atoms with E-state index in [1.807, 2.05) is 0 Å². The smallest absolute Gasteiger partial charge is 0.416 e. The summed E-state index contributed by atoms with van der Waals surface area (Å²) in [5, 5.41) is 0. The van der Waals surface area contributed by atoms with Crippen LogP contribution in [0, 0.1) is 3.57 Å². The summed E-state index contributed by atoms with van der Waals surface area (Å²) in [7, 11) is -4.00. The molecule has 2 aromatic heterocycles. The van der Waals surface area contributed by atoms with Crippen molar-refractivity contribution in [3.8, 4) is 17.0 Å². The minimum Gasteiger partial charge on any atom is -0.493 e. The largest absolute Gasteiger partial charge is 0.493 e. The van der Waals surface area contributed by atoms with E-state index >= 15 is 0 Å². The second kappa shape index (κ2) is 9.89. The fourth-order valence-corrected chi connectivity index (χ4v) is 5.48. The first-order valence-corrected chi connectivity index (χ1v) is 13.6. The zero-order valence-electron chi connectivity index (χ0n) is 18.9. The highest BCUT2D eigenvalue weighted by atomic mass is 127. The SMILES string of the molecule is O=S(=O)(Nc1ncccn1)c1ccc2c(c1)OCC[C@@H]2c1ccc(C(F)(F)F)cc1-c1ccc(I)cn1. The molecule has 0 fully saturated rings. The van der Waals surface area contributed by atoms with Crippen molar-refractivity contribution in [3.63, 3.8) is 0 Å². The van der Waals surface area contributed by atoms with Crippen LogP contribution in [0.3, 0.4) is 0 Å². The van der Waals surface area contributed by atoms with Crippen molar-refractivity contribution in [3.05, 3.63) is 93.4 Å². The monoisotopic (exact) mass is 638 g/mol. The number of alkyl halides is 3. The van der Waals surface area contributed by atoms with Crippen molar-refractivity contribution in [2.45, 2.75) is 23.4 Å². The number of pyridine rings is 1. The van der Waals surface area contributed by atoms with Gasteiger partial charge >= 0.3 is 6.18 Å². The summed E-state index contributed by atoms with van der Waals surface area (Å²) >= 11 is 2.08. The Hall–Kier alpha value is -3.26. The first-order chi connectivity index (χ1) is 17.6. The molecule has 12 heteroatoms. The zero-order chi connectivity index (χ0) is 26.2. The molecule has 1 N–H and O–H groups in total. The summed E-state index contributed by atoms with van der Waals surface area (Å²) in [6.45, 7) is 0.261. The first-order valence-electron chi connectivity index (χ1n) is 11.0. The van der Waals surface area contributed by atoms with Gasteiger partial charge in [0.2, 0.25) is 5.95 Å². The number of sulfonamides is 1. The average molecular weight is 638 g/mol. The Balaban J connectivity index is 1.56. The zero-order valence-corrected chi connectivity index (χ0v) is 21.9. The van der Waals surface area contributed by atoms with Gasteiger partial charge in [-0.05, 0) is 71.0 Å². The van der Waals surface area contributed by atoms with Crippen molar-refractivity contribution in [2.24, 2.45) is 0 Å². The fourth-order valence-electron chi connectivity index (χ4n) is 4.18. The Morgan fingerprint density at radius 1 is 0.973 bits per heavy atom. The van der Waals surface area contributed by atoms with Crippen LogP contribution in [0.2, 0.25) is 0 Å². The number of nitrogens with one attached hydrogen (secondary N) is 1. The highest BCUT2D eigenvalue weighted by Crippen LogP contribution is 2.44. The lowest BCUT2D eigenvalue weighted by Crippen LogP contribution is -2.19. The van der Waals surface area contributed by atoms with Gasteiger partial charge in [0.1, 0.15) is 5.75 Å². The van der Waals surface area contributed by atoms with E-state index in [-0.39, 0.29) is 23.4 Å². The summed E-state index contributed by atoms with van der Waals surface area (Å²) in [5.41, 5.74) is 1.34. The molecular formula is C25H18F3IN4O3S. The lowest BCUT2D eigenvalue weighted by Gasteiger charge is -2.28. The van der Waals surface area contributed by atoms with Crippen LogP contribution >= 0.6 is 22.6 Å². The van der Waals surface area contributed by atoms with Crippen LogP contribution in [0.1, 0.15) is 29.0 Å². The number of hydrogen-bond acceptors (Lipinski definition) is 6. The number of ether oxygens (including phenoxy) is 1. The first kappa shape index (κ1) is 25.4. The molecule has 2 aromatic carbocycles. The van der Waals surface area contributed by atoms with E-state index in [1.54, 1.807) is 30.5 Å². The Morgan fingerprint density at radius 2 is 1.73 bits per heavy atom. The third kappa shape index (κ3) is 5.39. The summed E-state index contributed by atoms with van der Waals surface area (Å²) in [5.74, 6) is -0.0581. The molecular weight excluding hydrogens is 620 g/mol. The fraction of sp³-hybridized carbons (Fsp3) is 0.160. The molecule has 0 saturated carbocycles. The minimum absolute atomic E-state index is 0.0497. The number of fused-ring (bicyclic) bond motifs is 1. The van der Waals surface area contributed by atoms with Crippen molar-refractivity contribution in [1.82, 2.24) is 15.0 Å². The molecule has 0 amide bonds. The van der Waals surface area contributed by atoms with Crippen LogP contribution < -0.4 is 9.46 Å². The predicted octanol–water partition coefficient (Wildman–Crippen LogP) is 5.88. The van der Waals surface area contributed by atoms with E-state index < -0.39 is 21.8 Å². The second-order valence-electron chi connectivity index (χ2n) is 8.23. The Kier molecular flexibility index (Phi) is 6.79.